The van der Waals surface area contributed by atoms with Gasteiger partial charge >= 0.3 is 0 Å². The molecule has 2 N–H and O–H groups in total. The standard InChI is InChI=1S/C14H19NO3S/c15-14(11-6-7-19(16,17)9-11)10-2-1-3-13(8-10)18-12-4-5-12/h1-3,8,11-12,14H,4-7,9,15H2. The van der Waals surface area contributed by atoms with E-state index >= 15 is 0 Å². The number of hydrogen-bond donors (Lipinski definition) is 1. The van der Waals surface area contributed by atoms with Crippen molar-refractivity contribution < 1.29 is 13.2 Å². The first-order valence-electron chi connectivity index (χ1n) is 6.76. The number of rotatable bonds is 4. The summed E-state index contributed by atoms with van der Waals surface area (Å²) in [5.41, 5.74) is 7.19. The largest absolute Gasteiger partial charge is 0.490 e. The molecule has 19 heavy (non-hydrogen) atoms. The molecule has 1 saturated heterocycles. The van der Waals surface area contributed by atoms with Crippen LogP contribution < -0.4 is 10.5 Å². The first-order valence-corrected chi connectivity index (χ1v) is 8.58. The van der Waals surface area contributed by atoms with Crippen LogP contribution in [0.5, 0.6) is 5.75 Å². The second-order valence-electron chi connectivity index (χ2n) is 5.58. The highest BCUT2D eigenvalue weighted by Crippen LogP contribution is 2.32. The molecule has 4 nitrogen and oxygen atoms in total. The monoisotopic (exact) mass is 281 g/mol. The summed E-state index contributed by atoms with van der Waals surface area (Å²) in [5, 5.41) is 0. The van der Waals surface area contributed by atoms with E-state index in [1.54, 1.807) is 0 Å². The van der Waals surface area contributed by atoms with Gasteiger partial charge in [0.15, 0.2) is 9.84 Å². The summed E-state index contributed by atoms with van der Waals surface area (Å²) in [4.78, 5) is 0. The van der Waals surface area contributed by atoms with Gasteiger partial charge in [0.1, 0.15) is 5.75 Å². The topological polar surface area (TPSA) is 69.4 Å². The number of ether oxygens (including phenoxy) is 1. The molecule has 104 valence electrons. The Morgan fingerprint density at radius 2 is 2.05 bits per heavy atom. The molecule has 5 heteroatoms. The van der Waals surface area contributed by atoms with Crippen LogP contribution in [0.2, 0.25) is 0 Å². The minimum absolute atomic E-state index is 0.0289. The van der Waals surface area contributed by atoms with Gasteiger partial charge in [0.05, 0.1) is 17.6 Å². The lowest BCUT2D eigenvalue weighted by Crippen LogP contribution is -2.22. The molecule has 0 spiro atoms. The van der Waals surface area contributed by atoms with Gasteiger partial charge in [-0.25, -0.2) is 8.42 Å². The van der Waals surface area contributed by atoms with Crippen molar-refractivity contribution in [2.45, 2.75) is 31.4 Å². The van der Waals surface area contributed by atoms with Gasteiger partial charge in [0, 0.05) is 6.04 Å². The quantitative estimate of drug-likeness (QED) is 0.911. The van der Waals surface area contributed by atoms with Crippen LogP contribution in [0.3, 0.4) is 0 Å². The van der Waals surface area contributed by atoms with E-state index < -0.39 is 9.84 Å². The highest BCUT2D eigenvalue weighted by molar-refractivity contribution is 7.91. The molecule has 1 aliphatic carbocycles. The van der Waals surface area contributed by atoms with Crippen LogP contribution in [0.4, 0.5) is 0 Å². The molecule has 0 bridgehead atoms. The van der Waals surface area contributed by atoms with E-state index in [2.05, 4.69) is 0 Å². The fourth-order valence-electron chi connectivity index (χ4n) is 2.55. The van der Waals surface area contributed by atoms with E-state index in [4.69, 9.17) is 10.5 Å². The van der Waals surface area contributed by atoms with E-state index in [0.717, 1.165) is 24.2 Å². The summed E-state index contributed by atoms with van der Waals surface area (Å²) in [7, 11) is -2.88. The van der Waals surface area contributed by atoms with Crippen LogP contribution in [0, 0.1) is 5.92 Å². The third-order valence-corrected chi connectivity index (χ3v) is 5.64. The summed E-state index contributed by atoms with van der Waals surface area (Å²) in [5.74, 6) is 1.35. The third-order valence-electron chi connectivity index (χ3n) is 3.85. The number of sulfone groups is 1. The lowest BCUT2D eigenvalue weighted by Gasteiger charge is -2.19. The van der Waals surface area contributed by atoms with Gasteiger partial charge in [-0.2, -0.15) is 0 Å². The first-order chi connectivity index (χ1) is 9.03. The Morgan fingerprint density at radius 1 is 1.26 bits per heavy atom. The lowest BCUT2D eigenvalue weighted by molar-refractivity contribution is 0.302. The lowest BCUT2D eigenvalue weighted by atomic mass is 9.93. The van der Waals surface area contributed by atoms with Gasteiger partial charge in [0.2, 0.25) is 0 Å². The molecule has 1 aliphatic heterocycles. The zero-order valence-electron chi connectivity index (χ0n) is 10.8. The van der Waals surface area contributed by atoms with E-state index in [9.17, 15) is 8.42 Å². The Labute approximate surface area is 113 Å². The summed E-state index contributed by atoms with van der Waals surface area (Å²) < 4.78 is 28.8. The SMILES string of the molecule is NC(c1cccc(OC2CC2)c1)C1CCS(=O)(=O)C1. The van der Waals surface area contributed by atoms with Crippen LogP contribution in [-0.4, -0.2) is 26.0 Å². The Hall–Kier alpha value is -1.07. The normalized spacial score (nSPS) is 27.1. The second kappa shape index (κ2) is 4.80. The number of hydrogen-bond acceptors (Lipinski definition) is 4. The molecule has 1 heterocycles. The van der Waals surface area contributed by atoms with Gasteiger partial charge < -0.3 is 10.5 Å². The summed E-state index contributed by atoms with van der Waals surface area (Å²) in [6.45, 7) is 0. The molecular formula is C14H19NO3S. The van der Waals surface area contributed by atoms with E-state index in [1.165, 1.54) is 0 Å². The summed E-state index contributed by atoms with van der Waals surface area (Å²) in [6.07, 6.45) is 3.27. The van der Waals surface area contributed by atoms with Crippen LogP contribution in [-0.2, 0) is 9.84 Å². The van der Waals surface area contributed by atoms with Crippen molar-refractivity contribution in [1.82, 2.24) is 0 Å². The Kier molecular flexibility index (Phi) is 3.27. The molecule has 2 unspecified atom stereocenters. The van der Waals surface area contributed by atoms with Gasteiger partial charge in [-0.15, -0.1) is 0 Å². The average Bonchev–Trinajstić information content (AvgIpc) is 3.11. The average molecular weight is 281 g/mol. The molecule has 0 amide bonds. The maximum atomic E-state index is 11.5. The fraction of sp³-hybridized carbons (Fsp3) is 0.571. The molecule has 1 saturated carbocycles. The molecule has 0 radical (unpaired) electrons. The molecule has 2 fully saturated rings. The Bertz CT molecular complexity index is 566. The zero-order valence-corrected chi connectivity index (χ0v) is 11.6. The minimum Gasteiger partial charge on any atom is -0.490 e. The highest BCUT2D eigenvalue weighted by Gasteiger charge is 2.33. The van der Waals surface area contributed by atoms with Crippen molar-refractivity contribution in [2.75, 3.05) is 11.5 Å². The third kappa shape index (κ3) is 3.09. The van der Waals surface area contributed by atoms with E-state index in [-0.39, 0.29) is 23.5 Å². The summed E-state index contributed by atoms with van der Waals surface area (Å²) >= 11 is 0. The Morgan fingerprint density at radius 3 is 2.68 bits per heavy atom. The first kappa shape index (κ1) is 12.9. The fourth-order valence-corrected chi connectivity index (χ4v) is 4.41. The molecule has 2 aliphatic rings. The maximum absolute atomic E-state index is 11.5. The molecule has 1 aromatic carbocycles. The van der Waals surface area contributed by atoms with Crippen molar-refractivity contribution >= 4 is 9.84 Å². The minimum atomic E-state index is -2.88. The Balaban J connectivity index is 1.73. The van der Waals surface area contributed by atoms with E-state index in [0.29, 0.717) is 12.5 Å². The molecule has 0 aromatic heterocycles. The molecule has 1 aromatic rings. The van der Waals surface area contributed by atoms with Crippen molar-refractivity contribution in [3.05, 3.63) is 29.8 Å². The van der Waals surface area contributed by atoms with E-state index in [1.807, 2.05) is 24.3 Å². The van der Waals surface area contributed by atoms with Crippen LogP contribution in [0.1, 0.15) is 30.9 Å². The molecule has 2 atom stereocenters. The van der Waals surface area contributed by atoms with Gasteiger partial charge in [0.25, 0.3) is 0 Å². The number of nitrogens with two attached hydrogens (primary N) is 1. The van der Waals surface area contributed by atoms with Gasteiger partial charge in [-0.05, 0) is 42.9 Å². The predicted octanol–water partition coefficient (Wildman–Crippen LogP) is 1.66. The molecular weight excluding hydrogens is 262 g/mol. The smallest absolute Gasteiger partial charge is 0.150 e. The second-order valence-corrected chi connectivity index (χ2v) is 7.81. The summed E-state index contributed by atoms with van der Waals surface area (Å²) in [6, 6.07) is 7.54. The zero-order chi connectivity index (χ0) is 13.5. The van der Waals surface area contributed by atoms with Crippen molar-refractivity contribution in [3.63, 3.8) is 0 Å². The van der Waals surface area contributed by atoms with Crippen molar-refractivity contribution in [1.29, 1.82) is 0 Å². The van der Waals surface area contributed by atoms with Crippen LogP contribution in [0.25, 0.3) is 0 Å². The van der Waals surface area contributed by atoms with Gasteiger partial charge in [-0.3, -0.25) is 0 Å². The van der Waals surface area contributed by atoms with Crippen molar-refractivity contribution in [2.24, 2.45) is 11.7 Å². The maximum Gasteiger partial charge on any atom is 0.150 e. The molecule has 3 rings (SSSR count). The predicted molar refractivity (Wildman–Crippen MR) is 73.8 cm³/mol. The van der Waals surface area contributed by atoms with Crippen molar-refractivity contribution in [3.8, 4) is 5.75 Å². The van der Waals surface area contributed by atoms with Crippen LogP contribution in [0.15, 0.2) is 24.3 Å². The highest BCUT2D eigenvalue weighted by atomic mass is 32.2. The van der Waals surface area contributed by atoms with Crippen LogP contribution >= 0.6 is 0 Å². The van der Waals surface area contributed by atoms with Gasteiger partial charge in [-0.1, -0.05) is 12.1 Å². The number of benzene rings is 1.